The van der Waals surface area contributed by atoms with Crippen molar-refractivity contribution < 1.29 is 13.8 Å². The molecule has 176 valence electrons. The zero-order valence-corrected chi connectivity index (χ0v) is 19.5. The predicted octanol–water partition coefficient (Wildman–Crippen LogP) is 6.80. The molecule has 1 fully saturated rings. The summed E-state index contributed by atoms with van der Waals surface area (Å²) < 4.78 is 21.9. The van der Waals surface area contributed by atoms with Gasteiger partial charge in [-0.15, -0.1) is 0 Å². The number of alkyl halides is 1. The van der Waals surface area contributed by atoms with Crippen molar-refractivity contribution >= 4 is 16.7 Å². The van der Waals surface area contributed by atoms with E-state index in [2.05, 4.69) is 22.0 Å². The van der Waals surface area contributed by atoms with Crippen LogP contribution in [0.1, 0.15) is 44.1 Å². The van der Waals surface area contributed by atoms with Crippen LogP contribution in [0.5, 0.6) is 0 Å². The topological polar surface area (TPSA) is 87.0 Å². The summed E-state index contributed by atoms with van der Waals surface area (Å²) in [4.78, 5) is 15.5. The van der Waals surface area contributed by atoms with Gasteiger partial charge in [0.1, 0.15) is 11.4 Å². The maximum Gasteiger partial charge on any atom is 0.269 e. The van der Waals surface area contributed by atoms with E-state index < -0.39 is 10.6 Å². The van der Waals surface area contributed by atoms with Gasteiger partial charge in [-0.3, -0.25) is 15.1 Å². The van der Waals surface area contributed by atoms with Gasteiger partial charge in [-0.25, -0.2) is 4.39 Å². The van der Waals surface area contributed by atoms with Crippen LogP contribution in [0.25, 0.3) is 33.3 Å². The van der Waals surface area contributed by atoms with Gasteiger partial charge in [0.15, 0.2) is 0 Å². The quantitative estimate of drug-likeness (QED) is 0.240. The van der Waals surface area contributed by atoms with Crippen molar-refractivity contribution in [2.75, 3.05) is 0 Å². The Morgan fingerprint density at radius 2 is 1.91 bits per heavy atom. The molecule has 0 aliphatic heterocycles. The Hall–Kier alpha value is -3.55. The molecule has 0 spiro atoms. The molecule has 0 saturated heterocycles. The largest absolute Gasteiger partial charge is 0.361 e. The Bertz CT molecular complexity index is 1340. The number of nitrogens with zero attached hydrogens (tertiary/aromatic N) is 4. The van der Waals surface area contributed by atoms with E-state index in [9.17, 15) is 14.5 Å². The van der Waals surface area contributed by atoms with Crippen molar-refractivity contribution in [1.29, 1.82) is 0 Å². The molecule has 3 aromatic heterocycles. The highest BCUT2D eigenvalue weighted by molar-refractivity contribution is 5.95. The van der Waals surface area contributed by atoms with Crippen molar-refractivity contribution in [3.8, 4) is 22.3 Å². The lowest BCUT2D eigenvalue weighted by molar-refractivity contribution is -0.384. The van der Waals surface area contributed by atoms with E-state index in [0.29, 0.717) is 18.8 Å². The molecule has 0 unspecified atom stereocenters. The number of non-ortho nitro benzene ring substituents is 1. The number of nitro groups is 1. The molecular weight excluding hydrogens is 435 g/mol. The number of halogens is 1. The summed E-state index contributed by atoms with van der Waals surface area (Å²) in [5, 5.41) is 15.2. The molecule has 1 saturated carbocycles. The van der Waals surface area contributed by atoms with E-state index in [1.807, 2.05) is 20.0 Å². The molecule has 0 bridgehead atoms. The Labute approximate surface area is 196 Å². The predicted molar refractivity (Wildman–Crippen MR) is 128 cm³/mol. The summed E-state index contributed by atoms with van der Waals surface area (Å²) in [6.45, 7) is 6.26. The van der Waals surface area contributed by atoms with Gasteiger partial charge >= 0.3 is 0 Å². The fourth-order valence-electron chi connectivity index (χ4n) is 5.06. The molecular formula is C26H27FN4O3. The number of pyridine rings is 1. The van der Waals surface area contributed by atoms with Gasteiger partial charge in [0.2, 0.25) is 0 Å². The summed E-state index contributed by atoms with van der Waals surface area (Å²) in [6.07, 6.45) is 6.73. The zero-order valence-electron chi connectivity index (χ0n) is 19.5. The van der Waals surface area contributed by atoms with E-state index in [0.717, 1.165) is 64.1 Å². The molecule has 5 rings (SSSR count). The first-order chi connectivity index (χ1) is 16.2. The molecule has 1 aliphatic carbocycles. The molecule has 8 heteroatoms. The summed E-state index contributed by atoms with van der Waals surface area (Å²) in [5.41, 5.74) is 5.24. The fraction of sp³-hybridized carbons (Fsp3) is 0.385. The molecule has 1 aliphatic rings. The van der Waals surface area contributed by atoms with Crippen molar-refractivity contribution in [3.05, 3.63) is 64.3 Å². The summed E-state index contributed by atoms with van der Waals surface area (Å²) in [7, 11) is 0. The summed E-state index contributed by atoms with van der Waals surface area (Å²) in [6, 6.07) is 8.65. The van der Waals surface area contributed by atoms with Gasteiger partial charge in [0, 0.05) is 47.8 Å². The zero-order chi connectivity index (χ0) is 24.0. The second-order valence-corrected chi connectivity index (χ2v) is 9.65. The van der Waals surface area contributed by atoms with Crippen LogP contribution in [0.2, 0.25) is 0 Å². The number of fused-ring (bicyclic) bond motifs is 1. The highest BCUT2D eigenvalue weighted by Crippen LogP contribution is 2.38. The number of aryl methyl sites for hydroxylation is 2. The summed E-state index contributed by atoms with van der Waals surface area (Å²) in [5.74, 6) is 1.12. The van der Waals surface area contributed by atoms with Crippen LogP contribution < -0.4 is 0 Å². The van der Waals surface area contributed by atoms with Gasteiger partial charge in [0.05, 0.1) is 21.7 Å². The molecule has 1 aromatic carbocycles. The number of hydrogen-bond donors (Lipinski definition) is 0. The third-order valence-corrected chi connectivity index (χ3v) is 7.03. The molecule has 7 nitrogen and oxygen atoms in total. The highest BCUT2D eigenvalue weighted by Gasteiger charge is 2.31. The van der Waals surface area contributed by atoms with Crippen LogP contribution in [0.15, 0.2) is 47.2 Å². The van der Waals surface area contributed by atoms with Crippen molar-refractivity contribution in [1.82, 2.24) is 14.7 Å². The maximum atomic E-state index is 14.4. The minimum absolute atomic E-state index is 0.0534. The van der Waals surface area contributed by atoms with Gasteiger partial charge in [-0.2, -0.15) is 0 Å². The first-order valence-electron chi connectivity index (χ1n) is 11.6. The first-order valence-corrected chi connectivity index (χ1v) is 11.6. The molecule has 4 aromatic rings. The average Bonchev–Trinajstić information content (AvgIpc) is 3.34. The monoisotopic (exact) mass is 462 g/mol. The van der Waals surface area contributed by atoms with Crippen LogP contribution in [-0.2, 0) is 6.54 Å². The number of rotatable bonds is 5. The van der Waals surface area contributed by atoms with Crippen molar-refractivity contribution in [2.45, 2.75) is 58.7 Å². The van der Waals surface area contributed by atoms with E-state index >= 15 is 0 Å². The second-order valence-electron chi connectivity index (χ2n) is 9.65. The lowest BCUT2D eigenvalue weighted by Gasteiger charge is -2.31. The molecule has 0 radical (unpaired) electrons. The third kappa shape index (κ3) is 4.08. The summed E-state index contributed by atoms with van der Waals surface area (Å²) >= 11 is 0. The molecule has 34 heavy (non-hydrogen) atoms. The Kier molecular flexibility index (Phi) is 5.46. The van der Waals surface area contributed by atoms with E-state index in [-0.39, 0.29) is 5.69 Å². The van der Waals surface area contributed by atoms with Crippen molar-refractivity contribution in [2.24, 2.45) is 5.92 Å². The first kappa shape index (κ1) is 22.3. The fourth-order valence-corrected chi connectivity index (χ4v) is 5.06. The smallest absolute Gasteiger partial charge is 0.269 e. The van der Waals surface area contributed by atoms with E-state index in [1.54, 1.807) is 19.1 Å². The Morgan fingerprint density at radius 3 is 2.53 bits per heavy atom. The number of nitro benzene ring substituents is 1. The number of aromatic nitrogens is 3. The van der Waals surface area contributed by atoms with Crippen LogP contribution in [-0.4, -0.2) is 25.3 Å². The minimum Gasteiger partial charge on any atom is -0.361 e. The van der Waals surface area contributed by atoms with Crippen molar-refractivity contribution in [3.63, 3.8) is 0 Å². The van der Waals surface area contributed by atoms with Crippen LogP contribution in [0.3, 0.4) is 0 Å². The van der Waals surface area contributed by atoms with E-state index in [1.165, 1.54) is 12.1 Å². The van der Waals surface area contributed by atoms with Gasteiger partial charge in [-0.1, -0.05) is 5.16 Å². The Morgan fingerprint density at radius 1 is 1.21 bits per heavy atom. The highest BCUT2D eigenvalue weighted by atomic mass is 19.1. The Balaban J connectivity index is 1.59. The lowest BCUT2D eigenvalue weighted by Crippen LogP contribution is -2.27. The molecule has 0 atom stereocenters. The van der Waals surface area contributed by atoms with Gasteiger partial charge < -0.3 is 9.09 Å². The maximum absolute atomic E-state index is 14.4. The van der Waals surface area contributed by atoms with Crippen LogP contribution in [0.4, 0.5) is 10.1 Å². The molecule has 0 N–H and O–H groups in total. The average molecular weight is 463 g/mol. The normalized spacial score (nSPS) is 20.6. The van der Waals surface area contributed by atoms with Crippen LogP contribution in [0, 0.1) is 29.9 Å². The lowest BCUT2D eigenvalue weighted by atomic mass is 9.81. The van der Waals surface area contributed by atoms with Gasteiger partial charge in [-0.05, 0) is 76.1 Å². The standard InChI is InChI=1S/C26H27FN4O3/c1-16-24(17(2)34-29-16)20-12-23-25(28-13-20)22(19-4-6-21(7-5-19)31(32)33)15-30(23)14-18-8-10-26(3,27)11-9-18/h4-7,12-13,15,18H,8-11,14H2,1-3H3. The van der Waals surface area contributed by atoms with E-state index in [4.69, 9.17) is 9.51 Å². The third-order valence-electron chi connectivity index (χ3n) is 7.03. The van der Waals surface area contributed by atoms with Crippen LogP contribution >= 0.6 is 0 Å². The SMILES string of the molecule is Cc1noc(C)c1-c1cnc2c(-c3ccc([N+](=O)[O-])cc3)cn(CC3CCC(C)(F)CC3)c2c1. The number of hydrogen-bond acceptors (Lipinski definition) is 5. The number of benzene rings is 1. The molecule has 0 amide bonds. The molecule has 3 heterocycles. The second kappa shape index (κ2) is 8.34. The minimum atomic E-state index is -1.07. The van der Waals surface area contributed by atoms with Gasteiger partial charge in [0.25, 0.3) is 5.69 Å².